The second-order valence-corrected chi connectivity index (χ2v) is 8.59. The van der Waals surface area contributed by atoms with E-state index in [0.717, 1.165) is 22.8 Å². The number of hydrogen-bond acceptors (Lipinski definition) is 4. The maximum atomic E-state index is 10.7. The van der Waals surface area contributed by atoms with Gasteiger partial charge in [0.25, 0.3) is 0 Å². The molecule has 1 saturated heterocycles. The first-order valence-corrected chi connectivity index (χ1v) is 11.2. The van der Waals surface area contributed by atoms with Crippen LogP contribution in [0, 0.1) is 0 Å². The van der Waals surface area contributed by atoms with Crippen LogP contribution >= 0.6 is 12.2 Å². The van der Waals surface area contributed by atoms with Crippen LogP contribution in [0.5, 0.6) is 5.75 Å². The molecule has 2 aromatic heterocycles. The van der Waals surface area contributed by atoms with Gasteiger partial charge in [-0.1, -0.05) is 18.2 Å². The summed E-state index contributed by atoms with van der Waals surface area (Å²) >= 11 is 5.78. The van der Waals surface area contributed by atoms with Gasteiger partial charge in [-0.15, -0.1) is 0 Å². The average molecular weight is 456 g/mol. The number of rotatable bonds is 5. The Balaban J connectivity index is 1.65. The quantitative estimate of drug-likeness (QED) is 0.421. The van der Waals surface area contributed by atoms with Gasteiger partial charge in [0.05, 0.1) is 17.4 Å². The number of phenolic OH excluding ortho intramolecular Hbond substituents is 1. The Morgan fingerprint density at radius 1 is 0.939 bits per heavy atom. The number of para-hydroxylation sites is 2. The van der Waals surface area contributed by atoms with Crippen LogP contribution < -0.4 is 15.1 Å². The van der Waals surface area contributed by atoms with E-state index in [1.165, 1.54) is 0 Å². The van der Waals surface area contributed by atoms with Crippen molar-refractivity contribution in [1.29, 1.82) is 0 Å². The van der Waals surface area contributed by atoms with Crippen LogP contribution in [0.4, 0.5) is 11.4 Å². The summed E-state index contributed by atoms with van der Waals surface area (Å²) in [6.45, 7) is 0. The van der Waals surface area contributed by atoms with E-state index in [9.17, 15) is 5.11 Å². The molecule has 0 amide bonds. The molecule has 3 heterocycles. The Kier molecular flexibility index (Phi) is 5.48. The molecule has 166 valence electrons. The van der Waals surface area contributed by atoms with Crippen LogP contribution in [0.2, 0.25) is 0 Å². The highest BCUT2D eigenvalue weighted by Crippen LogP contribution is 2.44. The molecule has 0 unspecified atom stereocenters. The van der Waals surface area contributed by atoms with Crippen molar-refractivity contribution in [3.05, 3.63) is 103 Å². The second-order valence-electron chi connectivity index (χ2n) is 8.20. The summed E-state index contributed by atoms with van der Waals surface area (Å²) < 4.78 is 2.17. The van der Waals surface area contributed by atoms with Crippen LogP contribution in [-0.2, 0) is 0 Å². The molecular formula is C26H25N5OS. The summed E-state index contributed by atoms with van der Waals surface area (Å²) in [7, 11) is 4.06. The minimum atomic E-state index is -0.218. The number of hydrogen-bond donors (Lipinski definition) is 2. The van der Waals surface area contributed by atoms with Crippen LogP contribution in [0.3, 0.4) is 0 Å². The van der Waals surface area contributed by atoms with Crippen LogP contribution in [0.15, 0.2) is 91.3 Å². The lowest BCUT2D eigenvalue weighted by Gasteiger charge is -2.29. The molecule has 5 rings (SSSR count). The molecule has 1 fully saturated rings. The largest absolute Gasteiger partial charge is 0.506 e. The first-order valence-electron chi connectivity index (χ1n) is 10.8. The first kappa shape index (κ1) is 21.0. The molecule has 0 bridgehead atoms. The lowest BCUT2D eigenvalue weighted by atomic mass is 10.0. The molecule has 33 heavy (non-hydrogen) atoms. The summed E-state index contributed by atoms with van der Waals surface area (Å²) in [5.74, 6) is 0.182. The Bertz CT molecular complexity index is 1270. The first-order chi connectivity index (χ1) is 16.0. The monoisotopic (exact) mass is 455 g/mol. The predicted octanol–water partition coefficient (Wildman–Crippen LogP) is 4.82. The number of aromatic nitrogens is 2. The Morgan fingerprint density at radius 2 is 1.70 bits per heavy atom. The van der Waals surface area contributed by atoms with Crippen molar-refractivity contribution in [2.24, 2.45) is 0 Å². The molecule has 2 atom stereocenters. The average Bonchev–Trinajstić information content (AvgIpc) is 3.44. The number of nitrogens with zero attached hydrogens (tertiary/aromatic N) is 4. The van der Waals surface area contributed by atoms with Crippen molar-refractivity contribution in [3.8, 4) is 11.4 Å². The van der Waals surface area contributed by atoms with Gasteiger partial charge in [0.1, 0.15) is 11.8 Å². The highest BCUT2D eigenvalue weighted by molar-refractivity contribution is 7.80. The summed E-state index contributed by atoms with van der Waals surface area (Å²) in [6, 6.07) is 25.3. The lowest BCUT2D eigenvalue weighted by molar-refractivity contribution is 0.472. The number of phenols is 1. The number of thiocarbonyl (C=S) groups is 1. The minimum absolute atomic E-state index is 0.182. The molecule has 0 saturated carbocycles. The fraction of sp³-hybridized carbons (Fsp3) is 0.154. The number of anilines is 2. The van der Waals surface area contributed by atoms with Gasteiger partial charge in [-0.3, -0.25) is 4.98 Å². The van der Waals surface area contributed by atoms with Gasteiger partial charge in [-0.05, 0) is 72.9 Å². The zero-order chi connectivity index (χ0) is 22.9. The second kappa shape index (κ2) is 8.60. The van der Waals surface area contributed by atoms with Crippen molar-refractivity contribution in [2.45, 2.75) is 12.1 Å². The maximum absolute atomic E-state index is 10.7. The summed E-state index contributed by atoms with van der Waals surface area (Å²) in [6.07, 6.45) is 3.85. The smallest absolute Gasteiger partial charge is 0.174 e. The zero-order valence-electron chi connectivity index (χ0n) is 18.5. The van der Waals surface area contributed by atoms with Crippen molar-refractivity contribution in [1.82, 2.24) is 14.9 Å². The molecule has 7 heteroatoms. The summed E-state index contributed by atoms with van der Waals surface area (Å²) in [4.78, 5) is 8.68. The zero-order valence-corrected chi connectivity index (χ0v) is 19.3. The van der Waals surface area contributed by atoms with E-state index >= 15 is 0 Å². The molecular weight excluding hydrogens is 430 g/mol. The van der Waals surface area contributed by atoms with Crippen molar-refractivity contribution in [2.75, 3.05) is 23.9 Å². The highest BCUT2D eigenvalue weighted by atomic mass is 32.1. The summed E-state index contributed by atoms with van der Waals surface area (Å²) in [5, 5.41) is 14.7. The van der Waals surface area contributed by atoms with Crippen LogP contribution in [-0.4, -0.2) is 33.9 Å². The van der Waals surface area contributed by atoms with Crippen molar-refractivity contribution in [3.63, 3.8) is 0 Å². The van der Waals surface area contributed by atoms with Crippen molar-refractivity contribution >= 4 is 28.7 Å². The van der Waals surface area contributed by atoms with Crippen molar-refractivity contribution < 1.29 is 5.11 Å². The van der Waals surface area contributed by atoms with E-state index in [-0.39, 0.29) is 17.8 Å². The van der Waals surface area contributed by atoms with Gasteiger partial charge in [0.2, 0.25) is 0 Å². The lowest BCUT2D eigenvalue weighted by Crippen LogP contribution is -2.30. The molecule has 2 aromatic carbocycles. The van der Waals surface area contributed by atoms with E-state index in [2.05, 4.69) is 56.3 Å². The number of benzene rings is 2. The Morgan fingerprint density at radius 3 is 2.39 bits per heavy atom. The topological polar surface area (TPSA) is 56.6 Å². The van der Waals surface area contributed by atoms with E-state index in [1.807, 2.05) is 61.5 Å². The normalized spacial score (nSPS) is 17.8. The molecule has 6 nitrogen and oxygen atoms in total. The van der Waals surface area contributed by atoms with Crippen LogP contribution in [0.25, 0.3) is 5.69 Å². The Labute approximate surface area is 198 Å². The number of nitrogens with one attached hydrogen (secondary N) is 1. The predicted molar refractivity (Wildman–Crippen MR) is 136 cm³/mol. The highest BCUT2D eigenvalue weighted by Gasteiger charge is 2.42. The summed E-state index contributed by atoms with van der Waals surface area (Å²) in [5.41, 5.74) is 4.78. The van der Waals surface area contributed by atoms with Crippen LogP contribution in [0.1, 0.15) is 23.5 Å². The van der Waals surface area contributed by atoms with Gasteiger partial charge in [0.15, 0.2) is 5.11 Å². The number of pyridine rings is 1. The standard InChI is InChI=1S/C26H25N5OS/c1-29(2)18-12-14-19(15-13-18)30-17-7-10-22(30)25-24(20-8-5-6-16-27-20)28-26(33)31(25)21-9-3-4-11-23(21)32/h3-17,24-25,32H,1-2H3,(H,28,33)/t24-,25-/m0/s1. The minimum Gasteiger partial charge on any atom is -0.506 e. The Hall–Kier alpha value is -3.84. The fourth-order valence-electron chi connectivity index (χ4n) is 4.36. The number of aromatic hydroxyl groups is 1. The third kappa shape index (κ3) is 3.81. The fourth-order valence-corrected chi connectivity index (χ4v) is 4.70. The molecule has 2 N–H and O–H groups in total. The van der Waals surface area contributed by atoms with Gasteiger partial charge in [-0.25, -0.2) is 0 Å². The van der Waals surface area contributed by atoms with E-state index in [0.29, 0.717) is 10.8 Å². The van der Waals surface area contributed by atoms with E-state index < -0.39 is 0 Å². The third-order valence-corrected chi connectivity index (χ3v) is 6.28. The molecule has 0 radical (unpaired) electrons. The molecule has 1 aliphatic heterocycles. The SMILES string of the molecule is CN(C)c1ccc(-n2cccc2[C@H]2[C@H](c3ccccn3)NC(=S)N2c2ccccc2O)cc1. The molecule has 0 aliphatic carbocycles. The van der Waals surface area contributed by atoms with Gasteiger partial charge >= 0.3 is 0 Å². The molecule has 0 spiro atoms. The third-order valence-electron chi connectivity index (χ3n) is 5.97. The maximum Gasteiger partial charge on any atom is 0.174 e. The molecule has 1 aliphatic rings. The van der Waals surface area contributed by atoms with Gasteiger partial charge < -0.3 is 24.8 Å². The van der Waals surface area contributed by atoms with E-state index in [4.69, 9.17) is 12.2 Å². The van der Waals surface area contributed by atoms with E-state index in [1.54, 1.807) is 12.3 Å². The van der Waals surface area contributed by atoms with Gasteiger partial charge in [0, 0.05) is 43.6 Å². The van der Waals surface area contributed by atoms with Gasteiger partial charge in [-0.2, -0.15) is 0 Å². The molecule has 4 aromatic rings.